The van der Waals surface area contributed by atoms with E-state index in [2.05, 4.69) is 50.5 Å². The van der Waals surface area contributed by atoms with Crippen molar-refractivity contribution in [1.29, 1.82) is 0 Å². The molecule has 0 saturated carbocycles. The van der Waals surface area contributed by atoms with Crippen LogP contribution in [0.15, 0.2) is 12.1 Å². The zero-order chi connectivity index (χ0) is 14.7. The molecule has 0 bridgehead atoms. The molecule has 118 valence electrons. The highest BCUT2D eigenvalue weighted by Crippen LogP contribution is 2.18. The Morgan fingerprint density at radius 3 is 2.48 bits per heavy atom. The molecule has 1 fully saturated rings. The average molecular weight is 311 g/mol. The van der Waals surface area contributed by atoms with Crippen LogP contribution in [0.4, 0.5) is 0 Å². The Kier molecular flexibility index (Phi) is 6.69. The normalized spacial score (nSPS) is 21.5. The third kappa shape index (κ3) is 4.72. The van der Waals surface area contributed by atoms with Crippen molar-refractivity contribution in [2.75, 3.05) is 6.54 Å². The van der Waals surface area contributed by atoms with E-state index < -0.39 is 0 Å². The van der Waals surface area contributed by atoms with Crippen molar-refractivity contribution in [2.45, 2.75) is 53.1 Å². The molecule has 1 aromatic rings. The number of carbonyl (C=O) groups is 1. The highest BCUT2D eigenvalue weighted by molar-refractivity contribution is 5.85. The molecule has 1 aliphatic rings. The Hall–Kier alpha value is -1.06. The molecule has 0 unspecified atom stereocenters. The Labute approximate surface area is 134 Å². The zero-order valence-corrected chi connectivity index (χ0v) is 14.3. The topological polar surface area (TPSA) is 41.1 Å². The highest BCUT2D eigenvalue weighted by Gasteiger charge is 2.24. The van der Waals surface area contributed by atoms with Gasteiger partial charge in [-0.15, -0.1) is 12.4 Å². The van der Waals surface area contributed by atoms with Crippen LogP contribution in [0.3, 0.4) is 0 Å². The van der Waals surface area contributed by atoms with Crippen LogP contribution in [0.5, 0.6) is 0 Å². The first-order chi connectivity index (χ1) is 9.47. The van der Waals surface area contributed by atoms with Crippen LogP contribution < -0.4 is 10.6 Å². The van der Waals surface area contributed by atoms with Gasteiger partial charge in [-0.1, -0.05) is 17.7 Å². The molecule has 1 aliphatic heterocycles. The lowest BCUT2D eigenvalue weighted by Crippen LogP contribution is -2.42. The summed E-state index contributed by atoms with van der Waals surface area (Å²) in [7, 11) is 0. The van der Waals surface area contributed by atoms with Gasteiger partial charge in [-0.3, -0.25) is 4.79 Å². The first kappa shape index (κ1) is 18.0. The van der Waals surface area contributed by atoms with Crippen LogP contribution in [0.1, 0.15) is 42.0 Å². The second-order valence-electron chi connectivity index (χ2n) is 6.17. The average Bonchev–Trinajstić information content (AvgIpc) is 2.37. The number of amides is 1. The first-order valence-electron chi connectivity index (χ1n) is 7.55. The van der Waals surface area contributed by atoms with Crippen molar-refractivity contribution in [2.24, 2.45) is 5.92 Å². The van der Waals surface area contributed by atoms with E-state index in [-0.39, 0.29) is 24.2 Å². The quantitative estimate of drug-likeness (QED) is 0.901. The van der Waals surface area contributed by atoms with Gasteiger partial charge in [0.15, 0.2) is 0 Å². The molecule has 1 heterocycles. The molecule has 0 aliphatic carbocycles. The van der Waals surface area contributed by atoms with E-state index in [1.807, 2.05) is 0 Å². The lowest BCUT2D eigenvalue weighted by atomic mass is 9.92. The lowest BCUT2D eigenvalue weighted by Gasteiger charge is -2.27. The minimum Gasteiger partial charge on any atom is -0.352 e. The molecular formula is C17H27ClN2O. The molecule has 0 radical (unpaired) electrons. The van der Waals surface area contributed by atoms with Gasteiger partial charge in [0.05, 0.1) is 0 Å². The first-order valence-corrected chi connectivity index (χ1v) is 7.55. The minimum atomic E-state index is 0. The molecule has 1 amide bonds. The minimum absolute atomic E-state index is 0. The fraction of sp³-hybridized carbons (Fsp3) is 0.588. The van der Waals surface area contributed by atoms with Gasteiger partial charge >= 0.3 is 0 Å². The Morgan fingerprint density at radius 2 is 1.90 bits per heavy atom. The number of benzene rings is 1. The van der Waals surface area contributed by atoms with Crippen LogP contribution >= 0.6 is 12.4 Å². The summed E-state index contributed by atoms with van der Waals surface area (Å²) in [4.78, 5) is 12.3. The largest absolute Gasteiger partial charge is 0.352 e. The van der Waals surface area contributed by atoms with Crippen molar-refractivity contribution < 1.29 is 4.79 Å². The van der Waals surface area contributed by atoms with Crippen molar-refractivity contribution in [1.82, 2.24) is 10.6 Å². The van der Waals surface area contributed by atoms with E-state index in [0.717, 1.165) is 19.4 Å². The summed E-state index contributed by atoms with van der Waals surface area (Å²) >= 11 is 0. The van der Waals surface area contributed by atoms with Crippen molar-refractivity contribution >= 4 is 18.3 Å². The van der Waals surface area contributed by atoms with Gasteiger partial charge in [0.25, 0.3) is 0 Å². The maximum atomic E-state index is 12.3. The number of piperidine rings is 1. The van der Waals surface area contributed by atoms with E-state index in [1.54, 1.807) is 0 Å². The number of halogens is 1. The van der Waals surface area contributed by atoms with Gasteiger partial charge < -0.3 is 10.6 Å². The van der Waals surface area contributed by atoms with Crippen LogP contribution in [0.2, 0.25) is 0 Å². The lowest BCUT2D eigenvalue weighted by molar-refractivity contribution is -0.126. The Morgan fingerprint density at radius 1 is 1.29 bits per heavy atom. The van der Waals surface area contributed by atoms with E-state index in [9.17, 15) is 4.79 Å². The summed E-state index contributed by atoms with van der Waals surface area (Å²) in [5, 5.41) is 6.51. The zero-order valence-electron chi connectivity index (χ0n) is 13.5. The third-order valence-electron chi connectivity index (χ3n) is 4.27. The Balaban J connectivity index is 0.00000220. The molecular weight excluding hydrogens is 284 g/mol. The van der Waals surface area contributed by atoms with E-state index in [1.165, 1.54) is 22.3 Å². The number of aryl methyl sites for hydroxylation is 3. The molecule has 0 aromatic heterocycles. The maximum absolute atomic E-state index is 12.3. The highest BCUT2D eigenvalue weighted by atomic mass is 35.5. The summed E-state index contributed by atoms with van der Waals surface area (Å²) < 4.78 is 0. The van der Waals surface area contributed by atoms with Gasteiger partial charge in [-0.2, -0.15) is 0 Å². The molecule has 2 N–H and O–H groups in total. The van der Waals surface area contributed by atoms with E-state index in [4.69, 9.17) is 0 Å². The van der Waals surface area contributed by atoms with Crippen LogP contribution in [-0.4, -0.2) is 18.5 Å². The SMILES string of the molecule is Cc1cc(C)c(CNC(=O)[C@H]2CCN[C@@H](C)C2)c(C)c1.Cl. The molecule has 2 rings (SSSR count). The van der Waals surface area contributed by atoms with Gasteiger partial charge in [0, 0.05) is 18.5 Å². The van der Waals surface area contributed by atoms with Gasteiger partial charge in [0.1, 0.15) is 0 Å². The smallest absolute Gasteiger partial charge is 0.223 e. The summed E-state index contributed by atoms with van der Waals surface area (Å²) in [6.07, 6.45) is 1.89. The number of nitrogens with one attached hydrogen (secondary N) is 2. The molecule has 0 spiro atoms. The predicted octanol–water partition coefficient (Wildman–Crippen LogP) is 3.04. The molecule has 3 nitrogen and oxygen atoms in total. The van der Waals surface area contributed by atoms with Crippen LogP contribution in [0, 0.1) is 26.7 Å². The fourth-order valence-corrected chi connectivity index (χ4v) is 3.18. The molecule has 2 atom stereocenters. The predicted molar refractivity (Wildman–Crippen MR) is 89.9 cm³/mol. The summed E-state index contributed by atoms with van der Waals surface area (Å²) in [5.74, 6) is 0.370. The van der Waals surface area contributed by atoms with Crippen LogP contribution in [0.25, 0.3) is 0 Å². The standard InChI is InChI=1S/C17H26N2O.ClH/c1-11-7-12(2)16(13(3)8-11)10-19-17(20)15-5-6-18-14(4)9-15;/h7-8,14-15,18H,5-6,9-10H2,1-4H3,(H,19,20);1H/t14-,15-;/m0./s1. The molecule has 21 heavy (non-hydrogen) atoms. The van der Waals surface area contributed by atoms with Crippen LogP contribution in [-0.2, 0) is 11.3 Å². The monoisotopic (exact) mass is 310 g/mol. The second kappa shape index (κ2) is 7.81. The number of carbonyl (C=O) groups excluding carboxylic acids is 1. The van der Waals surface area contributed by atoms with Gasteiger partial charge in [-0.05, 0) is 63.8 Å². The molecule has 4 heteroatoms. The van der Waals surface area contributed by atoms with Gasteiger partial charge in [0.2, 0.25) is 5.91 Å². The Bertz CT molecular complexity index is 479. The van der Waals surface area contributed by atoms with E-state index >= 15 is 0 Å². The van der Waals surface area contributed by atoms with Crippen molar-refractivity contribution in [3.63, 3.8) is 0 Å². The van der Waals surface area contributed by atoms with E-state index in [0.29, 0.717) is 12.6 Å². The third-order valence-corrected chi connectivity index (χ3v) is 4.27. The summed E-state index contributed by atoms with van der Waals surface area (Å²) in [6.45, 7) is 10.1. The number of hydrogen-bond donors (Lipinski definition) is 2. The molecule has 1 aromatic carbocycles. The number of rotatable bonds is 3. The van der Waals surface area contributed by atoms with Gasteiger partial charge in [-0.25, -0.2) is 0 Å². The number of hydrogen-bond acceptors (Lipinski definition) is 2. The summed E-state index contributed by atoms with van der Waals surface area (Å²) in [6, 6.07) is 4.81. The van der Waals surface area contributed by atoms with Crippen molar-refractivity contribution in [3.8, 4) is 0 Å². The fourth-order valence-electron chi connectivity index (χ4n) is 3.18. The second-order valence-corrected chi connectivity index (χ2v) is 6.17. The molecule has 1 saturated heterocycles. The van der Waals surface area contributed by atoms with Crippen molar-refractivity contribution in [3.05, 3.63) is 34.4 Å². The maximum Gasteiger partial charge on any atom is 0.223 e. The summed E-state index contributed by atoms with van der Waals surface area (Å²) in [5.41, 5.74) is 5.07.